The van der Waals surface area contributed by atoms with E-state index in [2.05, 4.69) is 15.6 Å². The summed E-state index contributed by atoms with van der Waals surface area (Å²) in [5.41, 5.74) is 3.74. The number of aromatic nitrogens is 1. The third-order valence-electron chi connectivity index (χ3n) is 4.88. The smallest absolute Gasteiger partial charge is 0.255 e. The van der Waals surface area contributed by atoms with Crippen LogP contribution in [0.15, 0.2) is 72.1 Å². The summed E-state index contributed by atoms with van der Waals surface area (Å²) in [5, 5.41) is 8.96. The van der Waals surface area contributed by atoms with E-state index in [4.69, 9.17) is 14.2 Å². The SMILES string of the molecule is COc1ccc(Nc2nc(-c3cccc(NC(=O)c4cc(OC)cc(OC)c4)c3)cs2)cc1. The Morgan fingerprint density at radius 1 is 0.818 bits per heavy atom. The summed E-state index contributed by atoms with van der Waals surface area (Å²) in [6.07, 6.45) is 0. The Labute approximate surface area is 196 Å². The van der Waals surface area contributed by atoms with Crippen LogP contribution >= 0.6 is 11.3 Å². The van der Waals surface area contributed by atoms with E-state index >= 15 is 0 Å². The molecule has 3 aromatic carbocycles. The number of thiazole rings is 1. The Morgan fingerprint density at radius 3 is 2.18 bits per heavy atom. The summed E-state index contributed by atoms with van der Waals surface area (Å²) in [6.45, 7) is 0. The Balaban J connectivity index is 1.48. The van der Waals surface area contributed by atoms with E-state index in [-0.39, 0.29) is 5.91 Å². The first-order valence-electron chi connectivity index (χ1n) is 10.1. The summed E-state index contributed by atoms with van der Waals surface area (Å²) in [7, 11) is 4.73. The molecule has 4 rings (SSSR count). The molecule has 2 N–H and O–H groups in total. The molecule has 8 heteroatoms. The zero-order chi connectivity index (χ0) is 23.2. The Bertz CT molecular complexity index is 1230. The van der Waals surface area contributed by atoms with Gasteiger partial charge in [0.1, 0.15) is 17.2 Å². The molecular weight excluding hydrogens is 438 g/mol. The first kappa shape index (κ1) is 22.2. The van der Waals surface area contributed by atoms with E-state index < -0.39 is 0 Å². The molecule has 0 atom stereocenters. The predicted molar refractivity (Wildman–Crippen MR) is 131 cm³/mol. The third kappa shape index (κ3) is 5.42. The van der Waals surface area contributed by atoms with Crippen LogP contribution in [-0.2, 0) is 0 Å². The zero-order valence-corrected chi connectivity index (χ0v) is 19.2. The molecular formula is C25H23N3O4S. The fourth-order valence-corrected chi connectivity index (χ4v) is 3.90. The van der Waals surface area contributed by atoms with Gasteiger partial charge in [-0.3, -0.25) is 4.79 Å². The van der Waals surface area contributed by atoms with Gasteiger partial charge in [0.05, 0.1) is 27.0 Å². The number of carbonyl (C=O) groups is 1. The highest BCUT2D eigenvalue weighted by molar-refractivity contribution is 7.14. The fourth-order valence-electron chi connectivity index (χ4n) is 3.16. The van der Waals surface area contributed by atoms with Crippen molar-refractivity contribution in [1.82, 2.24) is 4.98 Å². The van der Waals surface area contributed by atoms with Crippen molar-refractivity contribution < 1.29 is 19.0 Å². The van der Waals surface area contributed by atoms with Crippen LogP contribution in [0.25, 0.3) is 11.3 Å². The molecule has 168 valence electrons. The van der Waals surface area contributed by atoms with Gasteiger partial charge < -0.3 is 24.8 Å². The lowest BCUT2D eigenvalue weighted by Gasteiger charge is -2.10. The van der Waals surface area contributed by atoms with Crippen molar-refractivity contribution >= 4 is 33.8 Å². The van der Waals surface area contributed by atoms with Gasteiger partial charge in [-0.1, -0.05) is 12.1 Å². The maximum atomic E-state index is 12.8. The molecule has 0 aliphatic heterocycles. The van der Waals surface area contributed by atoms with E-state index in [1.807, 2.05) is 53.9 Å². The molecule has 0 aliphatic rings. The molecule has 7 nitrogen and oxygen atoms in total. The van der Waals surface area contributed by atoms with Gasteiger partial charge in [0.2, 0.25) is 0 Å². The molecule has 0 unspecified atom stereocenters. The minimum atomic E-state index is -0.260. The number of carbonyl (C=O) groups excluding carboxylic acids is 1. The monoisotopic (exact) mass is 461 g/mol. The van der Waals surface area contributed by atoms with Crippen molar-refractivity contribution in [3.05, 3.63) is 77.7 Å². The second-order valence-electron chi connectivity index (χ2n) is 7.03. The lowest BCUT2D eigenvalue weighted by atomic mass is 10.1. The Hall–Kier alpha value is -4.04. The maximum absolute atomic E-state index is 12.8. The normalized spacial score (nSPS) is 10.4. The molecule has 1 aromatic heterocycles. The number of anilines is 3. The van der Waals surface area contributed by atoms with E-state index in [1.165, 1.54) is 11.3 Å². The average Bonchev–Trinajstić information content (AvgIpc) is 3.32. The lowest BCUT2D eigenvalue weighted by Crippen LogP contribution is -2.12. The van der Waals surface area contributed by atoms with E-state index in [0.717, 1.165) is 27.8 Å². The van der Waals surface area contributed by atoms with Crippen molar-refractivity contribution in [3.8, 4) is 28.5 Å². The van der Waals surface area contributed by atoms with Crippen LogP contribution < -0.4 is 24.8 Å². The molecule has 0 spiro atoms. The Kier molecular flexibility index (Phi) is 6.75. The van der Waals surface area contributed by atoms with Gasteiger partial charge >= 0.3 is 0 Å². The molecule has 0 bridgehead atoms. The first-order chi connectivity index (χ1) is 16.1. The Morgan fingerprint density at radius 2 is 1.52 bits per heavy atom. The lowest BCUT2D eigenvalue weighted by molar-refractivity contribution is 0.102. The molecule has 4 aromatic rings. The van der Waals surface area contributed by atoms with Crippen LogP contribution in [0.4, 0.5) is 16.5 Å². The number of hydrogen-bond acceptors (Lipinski definition) is 7. The van der Waals surface area contributed by atoms with Crippen molar-refractivity contribution in [2.75, 3.05) is 32.0 Å². The molecule has 0 radical (unpaired) electrons. The van der Waals surface area contributed by atoms with Crippen LogP contribution in [-0.4, -0.2) is 32.2 Å². The van der Waals surface area contributed by atoms with Crippen LogP contribution in [0.3, 0.4) is 0 Å². The summed E-state index contributed by atoms with van der Waals surface area (Å²) in [6, 6.07) is 20.3. The van der Waals surface area contributed by atoms with Gasteiger partial charge in [0, 0.05) is 33.9 Å². The van der Waals surface area contributed by atoms with Crippen molar-refractivity contribution in [2.45, 2.75) is 0 Å². The topological polar surface area (TPSA) is 81.7 Å². The summed E-state index contributed by atoms with van der Waals surface area (Å²) >= 11 is 1.51. The second-order valence-corrected chi connectivity index (χ2v) is 7.89. The highest BCUT2D eigenvalue weighted by Gasteiger charge is 2.12. The van der Waals surface area contributed by atoms with Crippen molar-refractivity contribution in [1.29, 1.82) is 0 Å². The third-order valence-corrected chi connectivity index (χ3v) is 5.63. The highest BCUT2D eigenvalue weighted by atomic mass is 32.1. The quantitative estimate of drug-likeness (QED) is 0.343. The molecule has 0 saturated heterocycles. The minimum absolute atomic E-state index is 0.260. The zero-order valence-electron chi connectivity index (χ0n) is 18.4. The molecule has 0 saturated carbocycles. The van der Waals surface area contributed by atoms with Crippen molar-refractivity contribution in [2.24, 2.45) is 0 Å². The molecule has 0 aliphatic carbocycles. The average molecular weight is 462 g/mol. The second kappa shape index (κ2) is 10.1. The fraction of sp³-hybridized carbons (Fsp3) is 0.120. The number of ether oxygens (including phenoxy) is 3. The minimum Gasteiger partial charge on any atom is -0.497 e. The van der Waals surface area contributed by atoms with Crippen LogP contribution in [0.1, 0.15) is 10.4 Å². The molecule has 1 amide bonds. The van der Waals surface area contributed by atoms with Gasteiger partial charge in [-0.2, -0.15) is 0 Å². The van der Waals surface area contributed by atoms with Gasteiger partial charge in [-0.15, -0.1) is 11.3 Å². The number of amides is 1. The summed E-state index contributed by atoms with van der Waals surface area (Å²) in [4.78, 5) is 17.5. The predicted octanol–water partition coefficient (Wildman–Crippen LogP) is 5.83. The first-order valence-corrected chi connectivity index (χ1v) is 11.0. The maximum Gasteiger partial charge on any atom is 0.255 e. The van der Waals surface area contributed by atoms with Crippen LogP contribution in [0.5, 0.6) is 17.2 Å². The number of methoxy groups -OCH3 is 3. The number of hydrogen-bond donors (Lipinski definition) is 2. The number of nitrogens with one attached hydrogen (secondary N) is 2. The van der Waals surface area contributed by atoms with Gasteiger partial charge in [0.25, 0.3) is 5.91 Å². The van der Waals surface area contributed by atoms with E-state index in [0.29, 0.717) is 22.7 Å². The summed E-state index contributed by atoms with van der Waals surface area (Å²) in [5.74, 6) is 1.64. The van der Waals surface area contributed by atoms with Crippen molar-refractivity contribution in [3.63, 3.8) is 0 Å². The highest BCUT2D eigenvalue weighted by Crippen LogP contribution is 2.29. The standard InChI is InChI=1S/C25H23N3O4S/c1-30-20-9-7-18(8-10-20)27-25-28-23(15-33-25)16-5-4-6-19(11-16)26-24(29)17-12-21(31-2)14-22(13-17)32-3/h4-15H,1-3H3,(H,26,29)(H,27,28). The number of nitrogens with zero attached hydrogens (tertiary/aromatic N) is 1. The van der Waals surface area contributed by atoms with Crippen LogP contribution in [0, 0.1) is 0 Å². The van der Waals surface area contributed by atoms with Gasteiger partial charge in [-0.25, -0.2) is 4.98 Å². The van der Waals surface area contributed by atoms with Gasteiger partial charge in [-0.05, 0) is 48.5 Å². The number of benzene rings is 3. The molecule has 0 fully saturated rings. The molecule has 33 heavy (non-hydrogen) atoms. The van der Waals surface area contributed by atoms with E-state index in [1.54, 1.807) is 39.5 Å². The summed E-state index contributed by atoms with van der Waals surface area (Å²) < 4.78 is 15.7. The van der Waals surface area contributed by atoms with E-state index in [9.17, 15) is 4.79 Å². The van der Waals surface area contributed by atoms with Crippen LogP contribution in [0.2, 0.25) is 0 Å². The largest absolute Gasteiger partial charge is 0.497 e. The van der Waals surface area contributed by atoms with Gasteiger partial charge in [0.15, 0.2) is 5.13 Å². The number of rotatable bonds is 8. The molecule has 1 heterocycles.